The van der Waals surface area contributed by atoms with Gasteiger partial charge in [-0.2, -0.15) is 0 Å². The lowest BCUT2D eigenvalue weighted by atomic mass is 10.1. The van der Waals surface area contributed by atoms with Crippen molar-refractivity contribution in [2.45, 2.75) is 31.8 Å². The largest absolute Gasteiger partial charge is 0.348 e. The zero-order valence-corrected chi connectivity index (χ0v) is 11.5. The standard InChI is InChI=1S/C13H17BrN2O/c1-9(10-2-4-11(14)5-3-10)16-13(17)8-15-12-6-7-12/h2-5,9,12,15H,6-8H2,1H3,(H,16,17)/t9-/m0/s1. The second kappa shape index (κ2) is 5.65. The van der Waals surface area contributed by atoms with E-state index in [2.05, 4.69) is 26.6 Å². The minimum absolute atomic E-state index is 0.0524. The van der Waals surface area contributed by atoms with E-state index in [1.165, 1.54) is 12.8 Å². The van der Waals surface area contributed by atoms with E-state index in [0.717, 1.165) is 10.0 Å². The van der Waals surface area contributed by atoms with Crippen LogP contribution >= 0.6 is 15.9 Å². The smallest absolute Gasteiger partial charge is 0.234 e. The molecule has 1 amide bonds. The average Bonchev–Trinajstić information content (AvgIpc) is 3.11. The Bertz CT molecular complexity index is 387. The minimum Gasteiger partial charge on any atom is -0.348 e. The highest BCUT2D eigenvalue weighted by Crippen LogP contribution is 2.18. The maximum absolute atomic E-state index is 11.6. The first-order valence-electron chi connectivity index (χ1n) is 5.93. The molecule has 1 aromatic rings. The van der Waals surface area contributed by atoms with E-state index in [4.69, 9.17) is 0 Å². The van der Waals surface area contributed by atoms with Crippen LogP contribution in [0.3, 0.4) is 0 Å². The van der Waals surface area contributed by atoms with Gasteiger partial charge in [-0.25, -0.2) is 0 Å². The lowest BCUT2D eigenvalue weighted by Crippen LogP contribution is -2.36. The molecule has 1 saturated carbocycles. The second-order valence-electron chi connectivity index (χ2n) is 4.50. The molecule has 1 aromatic carbocycles. The zero-order chi connectivity index (χ0) is 12.3. The van der Waals surface area contributed by atoms with Gasteiger partial charge in [0.1, 0.15) is 0 Å². The molecule has 0 heterocycles. The van der Waals surface area contributed by atoms with Gasteiger partial charge in [-0.3, -0.25) is 4.79 Å². The molecule has 3 nitrogen and oxygen atoms in total. The van der Waals surface area contributed by atoms with Crippen molar-refractivity contribution >= 4 is 21.8 Å². The van der Waals surface area contributed by atoms with E-state index in [9.17, 15) is 4.79 Å². The van der Waals surface area contributed by atoms with Gasteiger partial charge in [-0.15, -0.1) is 0 Å². The Morgan fingerprint density at radius 3 is 2.65 bits per heavy atom. The summed E-state index contributed by atoms with van der Waals surface area (Å²) < 4.78 is 1.05. The van der Waals surface area contributed by atoms with Crippen LogP contribution < -0.4 is 10.6 Å². The number of halogens is 1. The first kappa shape index (κ1) is 12.6. The summed E-state index contributed by atoms with van der Waals surface area (Å²) in [6.07, 6.45) is 2.41. The minimum atomic E-state index is 0.0524. The molecule has 1 aliphatic carbocycles. The Morgan fingerprint density at radius 1 is 1.41 bits per heavy atom. The molecule has 0 unspecified atom stereocenters. The first-order valence-corrected chi connectivity index (χ1v) is 6.72. The number of carbonyl (C=O) groups excluding carboxylic acids is 1. The van der Waals surface area contributed by atoms with E-state index in [-0.39, 0.29) is 11.9 Å². The third-order valence-corrected chi connectivity index (χ3v) is 3.40. The predicted molar refractivity (Wildman–Crippen MR) is 71.7 cm³/mol. The van der Waals surface area contributed by atoms with E-state index < -0.39 is 0 Å². The van der Waals surface area contributed by atoms with Gasteiger partial charge < -0.3 is 10.6 Å². The molecule has 0 aliphatic heterocycles. The van der Waals surface area contributed by atoms with E-state index in [1.54, 1.807) is 0 Å². The summed E-state index contributed by atoms with van der Waals surface area (Å²) in [6.45, 7) is 2.42. The summed E-state index contributed by atoms with van der Waals surface area (Å²) in [7, 11) is 0. The Hall–Kier alpha value is -0.870. The van der Waals surface area contributed by atoms with Gasteiger partial charge >= 0.3 is 0 Å². The zero-order valence-electron chi connectivity index (χ0n) is 9.87. The third kappa shape index (κ3) is 4.13. The van der Waals surface area contributed by atoms with Crippen LogP contribution in [0.2, 0.25) is 0 Å². The number of nitrogens with one attached hydrogen (secondary N) is 2. The van der Waals surface area contributed by atoms with Crippen LogP contribution in [0.4, 0.5) is 0 Å². The summed E-state index contributed by atoms with van der Waals surface area (Å²) in [4.78, 5) is 11.6. The van der Waals surface area contributed by atoms with Crippen molar-refractivity contribution in [3.63, 3.8) is 0 Å². The molecule has 0 aromatic heterocycles. The Labute approximate surface area is 110 Å². The van der Waals surface area contributed by atoms with Crippen LogP contribution in [0.1, 0.15) is 31.4 Å². The fraction of sp³-hybridized carbons (Fsp3) is 0.462. The number of amides is 1. The molecule has 0 radical (unpaired) electrons. The molecule has 1 fully saturated rings. The fourth-order valence-corrected chi connectivity index (χ4v) is 1.92. The molecule has 2 N–H and O–H groups in total. The van der Waals surface area contributed by atoms with Crippen molar-refractivity contribution in [3.8, 4) is 0 Å². The van der Waals surface area contributed by atoms with Crippen LogP contribution in [0.25, 0.3) is 0 Å². The normalized spacial score (nSPS) is 16.6. The topological polar surface area (TPSA) is 41.1 Å². The summed E-state index contributed by atoms with van der Waals surface area (Å²) in [5, 5.41) is 6.18. The van der Waals surface area contributed by atoms with Gasteiger partial charge in [0.2, 0.25) is 5.91 Å². The van der Waals surface area contributed by atoms with Crippen LogP contribution in [-0.4, -0.2) is 18.5 Å². The molecule has 2 rings (SSSR count). The first-order chi connectivity index (χ1) is 8.15. The van der Waals surface area contributed by atoms with Crippen LogP contribution in [0.15, 0.2) is 28.7 Å². The number of rotatable bonds is 5. The molecule has 1 atom stereocenters. The molecule has 4 heteroatoms. The highest BCUT2D eigenvalue weighted by atomic mass is 79.9. The number of hydrogen-bond donors (Lipinski definition) is 2. The van der Waals surface area contributed by atoms with Crippen molar-refractivity contribution in [3.05, 3.63) is 34.3 Å². The maximum atomic E-state index is 11.6. The van der Waals surface area contributed by atoms with Gasteiger partial charge in [0, 0.05) is 10.5 Å². The van der Waals surface area contributed by atoms with Crippen molar-refractivity contribution in [1.82, 2.24) is 10.6 Å². The number of benzene rings is 1. The monoisotopic (exact) mass is 296 g/mol. The lowest BCUT2D eigenvalue weighted by Gasteiger charge is -2.14. The number of hydrogen-bond acceptors (Lipinski definition) is 2. The molecule has 1 aliphatic rings. The molecule has 92 valence electrons. The Kier molecular flexibility index (Phi) is 4.18. The van der Waals surface area contributed by atoms with Crippen LogP contribution in [0.5, 0.6) is 0 Å². The highest BCUT2D eigenvalue weighted by molar-refractivity contribution is 9.10. The second-order valence-corrected chi connectivity index (χ2v) is 5.41. The fourth-order valence-electron chi connectivity index (χ4n) is 1.65. The van der Waals surface area contributed by atoms with Gasteiger partial charge in [-0.05, 0) is 37.5 Å². The van der Waals surface area contributed by atoms with Gasteiger partial charge in [0.25, 0.3) is 0 Å². The summed E-state index contributed by atoms with van der Waals surface area (Å²) >= 11 is 3.40. The van der Waals surface area contributed by atoms with Gasteiger partial charge in [0.05, 0.1) is 12.6 Å². The quantitative estimate of drug-likeness (QED) is 0.876. The van der Waals surface area contributed by atoms with Crippen LogP contribution in [0, 0.1) is 0 Å². The van der Waals surface area contributed by atoms with E-state index >= 15 is 0 Å². The molecule has 0 spiro atoms. The maximum Gasteiger partial charge on any atom is 0.234 e. The summed E-state index contributed by atoms with van der Waals surface area (Å²) in [6, 6.07) is 8.63. The van der Waals surface area contributed by atoms with Crippen molar-refractivity contribution in [2.75, 3.05) is 6.54 Å². The Balaban J connectivity index is 1.80. The van der Waals surface area contributed by atoms with Gasteiger partial charge in [-0.1, -0.05) is 28.1 Å². The highest BCUT2D eigenvalue weighted by Gasteiger charge is 2.21. The van der Waals surface area contributed by atoms with E-state index in [1.807, 2.05) is 31.2 Å². The molecular formula is C13H17BrN2O. The van der Waals surface area contributed by atoms with E-state index in [0.29, 0.717) is 12.6 Å². The van der Waals surface area contributed by atoms with Crippen molar-refractivity contribution < 1.29 is 4.79 Å². The molecule has 17 heavy (non-hydrogen) atoms. The summed E-state index contributed by atoms with van der Waals surface area (Å²) in [5.41, 5.74) is 1.12. The lowest BCUT2D eigenvalue weighted by molar-refractivity contribution is -0.120. The third-order valence-electron chi connectivity index (χ3n) is 2.88. The summed E-state index contributed by atoms with van der Waals surface area (Å²) in [5.74, 6) is 0.0623. The Morgan fingerprint density at radius 2 is 2.06 bits per heavy atom. The van der Waals surface area contributed by atoms with Crippen molar-refractivity contribution in [1.29, 1.82) is 0 Å². The van der Waals surface area contributed by atoms with Gasteiger partial charge in [0.15, 0.2) is 0 Å². The van der Waals surface area contributed by atoms with Crippen LogP contribution in [-0.2, 0) is 4.79 Å². The molecule has 0 bridgehead atoms. The van der Waals surface area contributed by atoms with Crippen molar-refractivity contribution in [2.24, 2.45) is 0 Å². The number of carbonyl (C=O) groups is 1. The molecule has 0 saturated heterocycles. The average molecular weight is 297 g/mol. The molecular weight excluding hydrogens is 280 g/mol. The predicted octanol–water partition coefficient (Wildman–Crippen LogP) is 2.38. The SMILES string of the molecule is C[C@H](NC(=O)CNC1CC1)c1ccc(Br)cc1.